The maximum atomic E-state index is 12.2. The Balaban J connectivity index is 2.69. The number of methoxy groups -OCH3 is 1. The maximum Gasteiger partial charge on any atom is 0.255 e. The molecule has 0 radical (unpaired) electrons. The van der Waals surface area contributed by atoms with Crippen LogP contribution in [0.15, 0.2) is 18.3 Å². The number of carbonyl (C=O) groups excluding carboxylic acids is 1. The van der Waals surface area contributed by atoms with E-state index in [1.54, 1.807) is 24.3 Å². The summed E-state index contributed by atoms with van der Waals surface area (Å²) in [6.07, 6.45) is 1.61. The van der Waals surface area contributed by atoms with E-state index in [2.05, 4.69) is 10.3 Å². The zero-order valence-corrected chi connectivity index (χ0v) is 11.3. The van der Waals surface area contributed by atoms with Crippen molar-refractivity contribution in [3.63, 3.8) is 0 Å². The summed E-state index contributed by atoms with van der Waals surface area (Å²) in [5.41, 5.74) is 0.606. The van der Waals surface area contributed by atoms with E-state index in [-0.39, 0.29) is 5.91 Å². The number of likely N-dealkylation sites (N-methyl/N-ethyl adjacent to an activating group) is 1. The topological polar surface area (TPSA) is 54.5 Å². The second kappa shape index (κ2) is 7.66. The van der Waals surface area contributed by atoms with Gasteiger partial charge in [0.25, 0.3) is 5.91 Å². The molecule has 0 atom stereocenters. The Morgan fingerprint density at radius 2 is 2.22 bits per heavy atom. The van der Waals surface area contributed by atoms with Crippen molar-refractivity contribution in [1.29, 1.82) is 0 Å². The standard InChI is InChI=1S/C13H21N3O2/c1-4-14-12-7-6-11(10-15-12)13(17)16(5-2)8-9-18-3/h6-7,10H,4-5,8-9H2,1-3H3,(H,14,15). The smallest absolute Gasteiger partial charge is 0.255 e. The minimum atomic E-state index is -0.00917. The molecule has 0 unspecified atom stereocenters. The lowest BCUT2D eigenvalue weighted by Crippen LogP contribution is -2.33. The molecule has 1 aromatic rings. The number of hydrogen-bond donors (Lipinski definition) is 1. The van der Waals surface area contributed by atoms with E-state index in [0.717, 1.165) is 12.4 Å². The first-order chi connectivity index (χ1) is 8.72. The molecule has 1 aromatic heterocycles. The summed E-state index contributed by atoms with van der Waals surface area (Å²) < 4.78 is 4.99. The molecule has 5 heteroatoms. The van der Waals surface area contributed by atoms with Crippen LogP contribution in [0.5, 0.6) is 0 Å². The molecule has 0 saturated carbocycles. The van der Waals surface area contributed by atoms with Crippen LogP contribution in [0.2, 0.25) is 0 Å². The van der Waals surface area contributed by atoms with Crippen LogP contribution in [0.4, 0.5) is 5.82 Å². The summed E-state index contributed by atoms with van der Waals surface area (Å²) in [7, 11) is 1.63. The van der Waals surface area contributed by atoms with Crippen molar-refractivity contribution < 1.29 is 9.53 Å². The van der Waals surface area contributed by atoms with Crippen molar-refractivity contribution in [1.82, 2.24) is 9.88 Å². The largest absolute Gasteiger partial charge is 0.383 e. The zero-order chi connectivity index (χ0) is 13.4. The number of nitrogens with one attached hydrogen (secondary N) is 1. The minimum absolute atomic E-state index is 0.00917. The molecule has 0 spiro atoms. The first kappa shape index (κ1) is 14.4. The summed E-state index contributed by atoms with van der Waals surface area (Å²) in [5.74, 6) is 0.777. The second-order valence-electron chi connectivity index (χ2n) is 3.84. The molecule has 1 amide bonds. The third-order valence-electron chi connectivity index (χ3n) is 2.60. The maximum absolute atomic E-state index is 12.2. The number of anilines is 1. The molecule has 0 fully saturated rings. The van der Waals surface area contributed by atoms with Crippen molar-refractivity contribution >= 4 is 11.7 Å². The van der Waals surface area contributed by atoms with Crippen LogP contribution < -0.4 is 5.32 Å². The van der Waals surface area contributed by atoms with E-state index in [9.17, 15) is 4.79 Å². The van der Waals surface area contributed by atoms with Crippen LogP contribution in [0, 0.1) is 0 Å². The van der Waals surface area contributed by atoms with Gasteiger partial charge in [0.2, 0.25) is 0 Å². The van der Waals surface area contributed by atoms with Gasteiger partial charge in [0.05, 0.1) is 12.2 Å². The van der Waals surface area contributed by atoms with Crippen molar-refractivity contribution in [2.75, 3.05) is 38.7 Å². The van der Waals surface area contributed by atoms with E-state index < -0.39 is 0 Å². The Bertz CT molecular complexity index is 365. The van der Waals surface area contributed by atoms with E-state index in [1.165, 1.54) is 0 Å². The Labute approximate surface area is 108 Å². The molecule has 0 aromatic carbocycles. The van der Waals surface area contributed by atoms with Gasteiger partial charge in [0, 0.05) is 32.9 Å². The number of amides is 1. The average molecular weight is 251 g/mol. The number of carbonyl (C=O) groups is 1. The molecular formula is C13H21N3O2. The quantitative estimate of drug-likeness (QED) is 0.800. The number of hydrogen-bond acceptors (Lipinski definition) is 4. The van der Waals surface area contributed by atoms with Crippen LogP contribution in [0.1, 0.15) is 24.2 Å². The van der Waals surface area contributed by atoms with Crippen LogP contribution >= 0.6 is 0 Å². The lowest BCUT2D eigenvalue weighted by molar-refractivity contribution is 0.0706. The van der Waals surface area contributed by atoms with Gasteiger partial charge in [-0.1, -0.05) is 0 Å². The Hall–Kier alpha value is -1.62. The molecule has 0 aliphatic heterocycles. The highest BCUT2D eigenvalue weighted by molar-refractivity contribution is 5.94. The van der Waals surface area contributed by atoms with Crippen LogP contribution in [0.25, 0.3) is 0 Å². The lowest BCUT2D eigenvalue weighted by atomic mass is 10.2. The molecule has 1 heterocycles. The molecule has 100 valence electrons. The normalized spacial score (nSPS) is 10.2. The molecule has 0 bridgehead atoms. The Morgan fingerprint density at radius 3 is 2.72 bits per heavy atom. The summed E-state index contributed by atoms with van der Waals surface area (Å²) in [4.78, 5) is 18.1. The van der Waals surface area contributed by atoms with Gasteiger partial charge in [-0.25, -0.2) is 4.98 Å². The summed E-state index contributed by atoms with van der Waals surface area (Å²) in [5, 5.41) is 3.10. The number of ether oxygens (including phenoxy) is 1. The zero-order valence-electron chi connectivity index (χ0n) is 11.3. The average Bonchev–Trinajstić information content (AvgIpc) is 2.40. The third kappa shape index (κ3) is 4.00. The fourth-order valence-corrected chi connectivity index (χ4v) is 1.59. The highest BCUT2D eigenvalue weighted by Crippen LogP contribution is 2.07. The molecule has 1 N–H and O–H groups in total. The fraction of sp³-hybridized carbons (Fsp3) is 0.538. The van der Waals surface area contributed by atoms with Crippen LogP contribution in [0.3, 0.4) is 0 Å². The van der Waals surface area contributed by atoms with Crippen molar-refractivity contribution in [3.05, 3.63) is 23.9 Å². The fourth-order valence-electron chi connectivity index (χ4n) is 1.59. The molecule has 0 aliphatic carbocycles. The predicted molar refractivity (Wildman–Crippen MR) is 71.9 cm³/mol. The summed E-state index contributed by atoms with van der Waals surface area (Å²) >= 11 is 0. The monoisotopic (exact) mass is 251 g/mol. The molecule has 0 saturated heterocycles. The third-order valence-corrected chi connectivity index (χ3v) is 2.60. The molecule has 1 rings (SSSR count). The second-order valence-corrected chi connectivity index (χ2v) is 3.84. The van der Waals surface area contributed by atoms with E-state index in [4.69, 9.17) is 4.74 Å². The van der Waals surface area contributed by atoms with Crippen molar-refractivity contribution in [2.24, 2.45) is 0 Å². The van der Waals surface area contributed by atoms with E-state index in [1.807, 2.05) is 19.9 Å². The van der Waals surface area contributed by atoms with Crippen LogP contribution in [-0.2, 0) is 4.74 Å². The van der Waals surface area contributed by atoms with Gasteiger partial charge >= 0.3 is 0 Å². The summed E-state index contributed by atoms with van der Waals surface area (Å²) in [6.45, 7) is 6.58. The highest BCUT2D eigenvalue weighted by Gasteiger charge is 2.13. The van der Waals surface area contributed by atoms with Gasteiger partial charge in [0.1, 0.15) is 5.82 Å². The Kier molecular flexibility index (Phi) is 6.14. The SMILES string of the molecule is CCNc1ccc(C(=O)N(CC)CCOC)cn1. The summed E-state index contributed by atoms with van der Waals surface area (Å²) in [6, 6.07) is 3.61. The van der Waals surface area contributed by atoms with E-state index in [0.29, 0.717) is 25.3 Å². The number of nitrogens with zero attached hydrogens (tertiary/aromatic N) is 2. The van der Waals surface area contributed by atoms with Crippen LogP contribution in [-0.4, -0.2) is 49.1 Å². The van der Waals surface area contributed by atoms with Gasteiger partial charge in [-0.3, -0.25) is 4.79 Å². The predicted octanol–water partition coefficient (Wildman–Crippen LogP) is 1.62. The highest BCUT2D eigenvalue weighted by atomic mass is 16.5. The number of aromatic nitrogens is 1. The van der Waals surface area contributed by atoms with Gasteiger partial charge < -0.3 is 15.0 Å². The molecule has 5 nitrogen and oxygen atoms in total. The lowest BCUT2D eigenvalue weighted by Gasteiger charge is -2.20. The first-order valence-corrected chi connectivity index (χ1v) is 6.21. The van der Waals surface area contributed by atoms with E-state index >= 15 is 0 Å². The van der Waals surface area contributed by atoms with Gasteiger partial charge in [-0.05, 0) is 26.0 Å². The van der Waals surface area contributed by atoms with Crippen molar-refractivity contribution in [3.8, 4) is 0 Å². The molecule has 0 aliphatic rings. The van der Waals surface area contributed by atoms with Gasteiger partial charge in [0.15, 0.2) is 0 Å². The van der Waals surface area contributed by atoms with Gasteiger partial charge in [-0.15, -0.1) is 0 Å². The number of rotatable bonds is 7. The molecule has 18 heavy (non-hydrogen) atoms. The van der Waals surface area contributed by atoms with Crippen molar-refractivity contribution in [2.45, 2.75) is 13.8 Å². The first-order valence-electron chi connectivity index (χ1n) is 6.21. The Morgan fingerprint density at radius 1 is 1.44 bits per heavy atom. The number of pyridine rings is 1. The minimum Gasteiger partial charge on any atom is -0.383 e. The molecular weight excluding hydrogens is 230 g/mol. The van der Waals surface area contributed by atoms with Gasteiger partial charge in [-0.2, -0.15) is 0 Å².